The molecule has 1 saturated heterocycles. The predicted molar refractivity (Wildman–Crippen MR) is 161 cm³/mol. The SMILES string of the molecule is COC(=O)c1ccc(N2CCN(Cc3ccccc3-c3ccc(Cl)cc3)CC2)cc1Oc1cccc2[nH]ccc12. The van der Waals surface area contributed by atoms with E-state index in [1.807, 2.05) is 54.7 Å². The van der Waals surface area contributed by atoms with Gasteiger partial charge in [0.25, 0.3) is 0 Å². The molecule has 0 aliphatic carbocycles. The highest BCUT2D eigenvalue weighted by Crippen LogP contribution is 2.35. The summed E-state index contributed by atoms with van der Waals surface area (Å²) in [5, 5.41) is 1.70. The average Bonchev–Trinajstić information content (AvgIpc) is 3.48. The van der Waals surface area contributed by atoms with Crippen LogP contribution in [0.25, 0.3) is 22.0 Å². The molecular weight excluding hydrogens is 522 g/mol. The number of carbonyl (C=O) groups is 1. The van der Waals surface area contributed by atoms with E-state index in [0.29, 0.717) is 17.1 Å². The molecule has 6 rings (SSSR count). The molecular formula is C33H30ClN3O3. The van der Waals surface area contributed by atoms with Gasteiger partial charge in [0.2, 0.25) is 0 Å². The Morgan fingerprint density at radius 3 is 2.48 bits per heavy atom. The molecule has 0 amide bonds. The highest BCUT2D eigenvalue weighted by atomic mass is 35.5. The van der Waals surface area contributed by atoms with Crippen LogP contribution in [-0.2, 0) is 11.3 Å². The predicted octanol–water partition coefficient (Wildman–Crippen LogP) is 7.39. The third-order valence-electron chi connectivity index (χ3n) is 7.45. The van der Waals surface area contributed by atoms with Gasteiger partial charge in [-0.1, -0.05) is 54.1 Å². The minimum absolute atomic E-state index is 0.399. The molecule has 202 valence electrons. The molecule has 0 bridgehead atoms. The summed E-state index contributed by atoms with van der Waals surface area (Å²) in [5.41, 5.74) is 6.10. The second-order valence-corrected chi connectivity index (χ2v) is 10.3. The van der Waals surface area contributed by atoms with E-state index in [4.69, 9.17) is 21.1 Å². The van der Waals surface area contributed by atoms with E-state index in [-0.39, 0.29) is 0 Å². The van der Waals surface area contributed by atoms with Gasteiger partial charge in [-0.25, -0.2) is 4.79 Å². The first kappa shape index (κ1) is 26.0. The van der Waals surface area contributed by atoms with Crippen LogP contribution in [0.2, 0.25) is 5.02 Å². The van der Waals surface area contributed by atoms with Crippen LogP contribution in [-0.4, -0.2) is 49.1 Å². The number of hydrogen-bond donors (Lipinski definition) is 1. The zero-order chi connectivity index (χ0) is 27.5. The summed E-state index contributed by atoms with van der Waals surface area (Å²) >= 11 is 6.11. The number of H-pyrrole nitrogens is 1. The van der Waals surface area contributed by atoms with Gasteiger partial charge in [-0.05, 0) is 59.2 Å². The van der Waals surface area contributed by atoms with Crippen molar-refractivity contribution < 1.29 is 14.3 Å². The Bertz CT molecular complexity index is 1640. The molecule has 40 heavy (non-hydrogen) atoms. The lowest BCUT2D eigenvalue weighted by Gasteiger charge is -2.36. The summed E-state index contributed by atoms with van der Waals surface area (Å²) in [6.45, 7) is 4.46. The van der Waals surface area contributed by atoms with Gasteiger partial charge >= 0.3 is 5.97 Å². The lowest BCUT2D eigenvalue weighted by Crippen LogP contribution is -2.46. The summed E-state index contributed by atoms with van der Waals surface area (Å²) in [5.74, 6) is 0.745. The normalized spacial score (nSPS) is 13.9. The van der Waals surface area contributed by atoms with Crippen molar-refractivity contribution in [2.24, 2.45) is 0 Å². The van der Waals surface area contributed by atoms with Crippen molar-refractivity contribution in [1.82, 2.24) is 9.88 Å². The first-order valence-electron chi connectivity index (χ1n) is 13.4. The quantitative estimate of drug-likeness (QED) is 0.214. The fourth-order valence-electron chi connectivity index (χ4n) is 5.31. The topological polar surface area (TPSA) is 57.8 Å². The lowest BCUT2D eigenvalue weighted by atomic mass is 9.99. The molecule has 1 fully saturated rings. The third-order valence-corrected chi connectivity index (χ3v) is 7.70. The molecule has 0 radical (unpaired) electrons. The standard InChI is InChI=1S/C33H30ClN3O3/c1-39-33(38)29-14-13-26(21-32(29)40-31-8-4-7-30-28(31)15-16-35-30)37-19-17-36(18-20-37)22-24-5-2-3-6-27(24)23-9-11-25(34)12-10-23/h2-16,21,35H,17-20,22H2,1H3. The van der Waals surface area contributed by atoms with Gasteiger partial charge in [0, 0.05) is 66.6 Å². The molecule has 0 atom stereocenters. The Kier molecular flexibility index (Phi) is 7.45. The number of nitrogens with zero attached hydrogens (tertiary/aromatic N) is 2. The minimum atomic E-state index is -0.424. The van der Waals surface area contributed by atoms with Crippen molar-refractivity contribution in [2.45, 2.75) is 6.54 Å². The Morgan fingerprint density at radius 1 is 0.875 bits per heavy atom. The van der Waals surface area contributed by atoms with Crippen LogP contribution in [0.3, 0.4) is 0 Å². The number of esters is 1. The van der Waals surface area contributed by atoms with E-state index in [1.54, 1.807) is 6.07 Å². The maximum atomic E-state index is 12.6. The number of aromatic nitrogens is 1. The molecule has 0 spiro atoms. The van der Waals surface area contributed by atoms with Crippen molar-refractivity contribution in [3.63, 3.8) is 0 Å². The average molecular weight is 552 g/mol. The fourth-order valence-corrected chi connectivity index (χ4v) is 5.44. The van der Waals surface area contributed by atoms with Crippen LogP contribution >= 0.6 is 11.6 Å². The van der Waals surface area contributed by atoms with Crippen LogP contribution in [0, 0.1) is 0 Å². The highest BCUT2D eigenvalue weighted by Gasteiger charge is 2.22. The molecule has 5 aromatic rings. The number of anilines is 1. The van der Waals surface area contributed by atoms with Gasteiger partial charge in [-0.15, -0.1) is 0 Å². The minimum Gasteiger partial charge on any atom is -0.465 e. The summed E-state index contributed by atoms with van der Waals surface area (Å²) in [6.07, 6.45) is 1.88. The van der Waals surface area contributed by atoms with Crippen molar-refractivity contribution in [3.05, 3.63) is 113 Å². The zero-order valence-electron chi connectivity index (χ0n) is 22.3. The summed E-state index contributed by atoms with van der Waals surface area (Å²) < 4.78 is 11.4. The van der Waals surface area contributed by atoms with E-state index in [2.05, 4.69) is 51.2 Å². The Balaban J connectivity index is 1.18. The van der Waals surface area contributed by atoms with Crippen LogP contribution in [0.5, 0.6) is 11.5 Å². The second kappa shape index (κ2) is 11.5. The van der Waals surface area contributed by atoms with Crippen molar-refractivity contribution in [2.75, 3.05) is 38.2 Å². The molecule has 1 aliphatic rings. The van der Waals surface area contributed by atoms with Crippen LogP contribution in [0.15, 0.2) is 97.2 Å². The van der Waals surface area contributed by atoms with Crippen molar-refractivity contribution in [3.8, 4) is 22.6 Å². The summed E-state index contributed by atoms with van der Waals surface area (Å²) in [6, 6.07) is 30.1. The monoisotopic (exact) mass is 551 g/mol. The number of fused-ring (bicyclic) bond motifs is 1. The maximum absolute atomic E-state index is 12.6. The number of halogens is 1. The van der Waals surface area contributed by atoms with Gasteiger partial charge < -0.3 is 19.4 Å². The Hall–Kier alpha value is -4.26. The number of hydrogen-bond acceptors (Lipinski definition) is 5. The smallest absolute Gasteiger partial charge is 0.341 e. The van der Waals surface area contributed by atoms with E-state index in [9.17, 15) is 4.79 Å². The van der Waals surface area contributed by atoms with Gasteiger partial charge in [-0.3, -0.25) is 4.90 Å². The Morgan fingerprint density at radius 2 is 1.68 bits per heavy atom. The van der Waals surface area contributed by atoms with Gasteiger partial charge in [0.15, 0.2) is 0 Å². The van der Waals surface area contributed by atoms with E-state index < -0.39 is 5.97 Å². The summed E-state index contributed by atoms with van der Waals surface area (Å²) in [4.78, 5) is 20.6. The molecule has 1 aromatic heterocycles. The number of rotatable bonds is 7. The molecule has 4 aromatic carbocycles. The first-order chi connectivity index (χ1) is 19.6. The van der Waals surface area contributed by atoms with E-state index in [1.165, 1.54) is 23.8 Å². The highest BCUT2D eigenvalue weighted by molar-refractivity contribution is 6.30. The molecule has 0 unspecified atom stereocenters. The fraction of sp³-hybridized carbons (Fsp3) is 0.182. The molecule has 2 heterocycles. The number of nitrogens with one attached hydrogen (secondary N) is 1. The molecule has 0 saturated carbocycles. The molecule has 1 N–H and O–H groups in total. The van der Waals surface area contributed by atoms with Crippen LogP contribution < -0.4 is 9.64 Å². The van der Waals surface area contributed by atoms with E-state index in [0.717, 1.165) is 54.3 Å². The van der Waals surface area contributed by atoms with Gasteiger partial charge in [0.1, 0.15) is 17.1 Å². The number of benzene rings is 4. The summed E-state index contributed by atoms with van der Waals surface area (Å²) in [7, 11) is 1.39. The Labute approximate surface area is 238 Å². The number of aromatic amines is 1. The number of ether oxygens (including phenoxy) is 2. The third kappa shape index (κ3) is 5.41. The van der Waals surface area contributed by atoms with Crippen LogP contribution in [0.1, 0.15) is 15.9 Å². The number of piperazine rings is 1. The van der Waals surface area contributed by atoms with Crippen molar-refractivity contribution in [1.29, 1.82) is 0 Å². The largest absolute Gasteiger partial charge is 0.465 e. The molecule has 6 nitrogen and oxygen atoms in total. The zero-order valence-corrected chi connectivity index (χ0v) is 23.0. The maximum Gasteiger partial charge on any atom is 0.341 e. The molecule has 1 aliphatic heterocycles. The van der Waals surface area contributed by atoms with Gasteiger partial charge in [0.05, 0.1) is 7.11 Å². The van der Waals surface area contributed by atoms with Gasteiger partial charge in [-0.2, -0.15) is 0 Å². The molecule has 7 heteroatoms. The number of carbonyl (C=O) groups excluding carboxylic acids is 1. The lowest BCUT2D eigenvalue weighted by molar-refractivity contribution is 0.0598. The van der Waals surface area contributed by atoms with Crippen molar-refractivity contribution >= 4 is 34.2 Å². The first-order valence-corrected chi connectivity index (χ1v) is 13.7. The van der Waals surface area contributed by atoms with E-state index >= 15 is 0 Å². The number of methoxy groups -OCH3 is 1. The van der Waals surface area contributed by atoms with Crippen LogP contribution in [0.4, 0.5) is 5.69 Å². The second-order valence-electron chi connectivity index (χ2n) is 9.90.